The molecule has 0 spiro atoms. The van der Waals surface area contributed by atoms with E-state index in [2.05, 4.69) is 6.58 Å². The minimum atomic E-state index is 0.863. The molecule has 0 rings (SSSR count). The van der Waals surface area contributed by atoms with Gasteiger partial charge in [0.25, 0.3) is 0 Å². The normalized spacial score (nSPS) is 7.62. The van der Waals surface area contributed by atoms with Crippen molar-refractivity contribution < 1.29 is 4.79 Å². The summed E-state index contributed by atoms with van der Waals surface area (Å²) in [4.78, 5) is 9.65. The molecule has 0 N–H and O–H groups in total. The van der Waals surface area contributed by atoms with Crippen molar-refractivity contribution in [2.24, 2.45) is 0 Å². The molecule has 0 unspecified atom stereocenters. The zero-order chi connectivity index (χ0) is 6.41. The van der Waals surface area contributed by atoms with Crippen LogP contribution in [0.25, 0.3) is 0 Å². The number of hydrogen-bond donors (Lipinski definition) is 0. The second-order valence-corrected chi connectivity index (χ2v) is 1.67. The van der Waals surface area contributed by atoms with E-state index in [1.54, 1.807) is 5.94 Å². The first-order chi connectivity index (χ1) is 3.81. The molecule has 1 nitrogen and oxygen atoms in total. The van der Waals surface area contributed by atoms with Crippen molar-refractivity contribution in [2.75, 3.05) is 0 Å². The Labute approximate surface area is 49.7 Å². The molecule has 0 aliphatic heterocycles. The van der Waals surface area contributed by atoms with Gasteiger partial charge in [-0.2, -0.15) is 0 Å². The van der Waals surface area contributed by atoms with Gasteiger partial charge in [0, 0.05) is 6.08 Å². The highest BCUT2D eigenvalue weighted by molar-refractivity contribution is 5.51. The third kappa shape index (κ3) is 3.38. The molecule has 0 aromatic heterocycles. The largest absolute Gasteiger partial charge is 0.233 e. The zero-order valence-electron chi connectivity index (χ0n) is 5.11. The van der Waals surface area contributed by atoms with Crippen LogP contribution in [0, 0.1) is 0 Å². The Morgan fingerprint density at radius 2 is 2.50 bits per heavy atom. The fourth-order valence-corrected chi connectivity index (χ4v) is 0.477. The monoisotopic (exact) mass is 110 g/mol. The van der Waals surface area contributed by atoms with Gasteiger partial charge in [-0.15, -0.1) is 0 Å². The minimum absolute atomic E-state index is 0.863. The Morgan fingerprint density at radius 3 is 2.88 bits per heavy atom. The molecule has 0 radical (unpaired) electrons. The van der Waals surface area contributed by atoms with Crippen LogP contribution in [0.2, 0.25) is 0 Å². The maximum absolute atomic E-state index is 9.65. The molecular formula is C7H10O. The summed E-state index contributed by atoms with van der Waals surface area (Å²) in [5.41, 5.74) is 0.863. The summed E-state index contributed by atoms with van der Waals surface area (Å²) in [5, 5.41) is 0. The predicted molar refractivity (Wildman–Crippen MR) is 34.3 cm³/mol. The first-order valence-electron chi connectivity index (χ1n) is 2.70. The van der Waals surface area contributed by atoms with Gasteiger partial charge in [-0.1, -0.05) is 19.9 Å². The topological polar surface area (TPSA) is 17.1 Å². The van der Waals surface area contributed by atoms with Crippen molar-refractivity contribution in [3.05, 3.63) is 18.2 Å². The molecule has 0 aliphatic carbocycles. The van der Waals surface area contributed by atoms with E-state index in [1.807, 2.05) is 6.92 Å². The van der Waals surface area contributed by atoms with Gasteiger partial charge in [0.15, 0.2) is 0 Å². The Balaban J connectivity index is 3.49. The number of allylic oxidation sites excluding steroid dienone is 2. The van der Waals surface area contributed by atoms with Gasteiger partial charge in [-0.05, 0) is 12.0 Å². The first-order valence-corrected chi connectivity index (χ1v) is 2.70. The first kappa shape index (κ1) is 7.19. The predicted octanol–water partition coefficient (Wildman–Crippen LogP) is 1.73. The van der Waals surface area contributed by atoms with E-state index in [1.165, 1.54) is 6.08 Å². The molecule has 0 aromatic rings. The van der Waals surface area contributed by atoms with E-state index in [0.717, 1.165) is 18.4 Å². The van der Waals surface area contributed by atoms with Gasteiger partial charge in [-0.3, -0.25) is 0 Å². The molecule has 0 fully saturated rings. The van der Waals surface area contributed by atoms with Crippen LogP contribution in [0.3, 0.4) is 0 Å². The Hall–Kier alpha value is -0.810. The summed E-state index contributed by atoms with van der Waals surface area (Å²) in [7, 11) is 0. The number of rotatable bonds is 3. The van der Waals surface area contributed by atoms with E-state index in [-0.39, 0.29) is 0 Å². The Bertz CT molecular complexity index is 118. The Morgan fingerprint density at radius 1 is 1.88 bits per heavy atom. The molecule has 0 heterocycles. The summed E-state index contributed by atoms with van der Waals surface area (Å²) in [5.74, 6) is 1.68. The van der Waals surface area contributed by atoms with Crippen LogP contribution < -0.4 is 0 Å². The molecular weight excluding hydrogens is 100 g/mol. The van der Waals surface area contributed by atoms with Crippen molar-refractivity contribution >= 4 is 5.94 Å². The van der Waals surface area contributed by atoms with Crippen molar-refractivity contribution in [3.8, 4) is 0 Å². The van der Waals surface area contributed by atoms with Crippen molar-refractivity contribution in [3.63, 3.8) is 0 Å². The van der Waals surface area contributed by atoms with Crippen molar-refractivity contribution in [1.82, 2.24) is 0 Å². The van der Waals surface area contributed by atoms with Crippen LogP contribution in [0.4, 0.5) is 0 Å². The lowest BCUT2D eigenvalue weighted by Gasteiger charge is -1.88. The van der Waals surface area contributed by atoms with E-state index >= 15 is 0 Å². The molecule has 0 amide bonds. The SMILES string of the molecule is C=C(C=C=O)CCC. The standard InChI is InChI=1S/C7H10O/c1-3-4-7(2)5-6-8/h5H,2-4H2,1H3. The molecule has 0 aromatic carbocycles. The second kappa shape index (κ2) is 4.35. The van der Waals surface area contributed by atoms with Gasteiger partial charge in [0.2, 0.25) is 0 Å². The third-order valence-corrected chi connectivity index (χ3v) is 0.834. The second-order valence-electron chi connectivity index (χ2n) is 1.67. The number of hydrogen-bond acceptors (Lipinski definition) is 1. The summed E-state index contributed by atoms with van der Waals surface area (Å²) in [6, 6.07) is 0. The van der Waals surface area contributed by atoms with Gasteiger partial charge in [-0.25, -0.2) is 4.79 Å². The molecule has 0 bridgehead atoms. The van der Waals surface area contributed by atoms with Gasteiger partial charge in [0.05, 0.1) is 0 Å². The average molecular weight is 110 g/mol. The molecule has 1 heteroatoms. The van der Waals surface area contributed by atoms with E-state index in [0.29, 0.717) is 0 Å². The minimum Gasteiger partial charge on any atom is -0.233 e. The number of carbonyl (C=O) groups excluding carboxylic acids is 1. The highest BCUT2D eigenvalue weighted by atomic mass is 16.1. The van der Waals surface area contributed by atoms with Crippen LogP contribution in [0.5, 0.6) is 0 Å². The summed E-state index contributed by atoms with van der Waals surface area (Å²) >= 11 is 0. The van der Waals surface area contributed by atoms with Crippen LogP contribution in [-0.2, 0) is 4.79 Å². The fourth-order valence-electron chi connectivity index (χ4n) is 0.477. The average Bonchev–Trinajstić information content (AvgIpc) is 1.68. The molecule has 44 valence electrons. The highest BCUT2D eigenvalue weighted by Gasteiger charge is 1.82. The molecule has 0 saturated heterocycles. The lowest BCUT2D eigenvalue weighted by atomic mass is 10.2. The third-order valence-electron chi connectivity index (χ3n) is 0.834. The fraction of sp³-hybridized carbons (Fsp3) is 0.429. The van der Waals surface area contributed by atoms with Crippen LogP contribution >= 0.6 is 0 Å². The quantitative estimate of drug-likeness (QED) is 0.399. The molecule has 0 atom stereocenters. The van der Waals surface area contributed by atoms with Crippen molar-refractivity contribution in [1.29, 1.82) is 0 Å². The van der Waals surface area contributed by atoms with Gasteiger partial charge in [0.1, 0.15) is 5.94 Å². The van der Waals surface area contributed by atoms with Gasteiger partial charge < -0.3 is 0 Å². The summed E-state index contributed by atoms with van der Waals surface area (Å²) < 4.78 is 0. The molecule has 8 heavy (non-hydrogen) atoms. The molecule has 0 saturated carbocycles. The van der Waals surface area contributed by atoms with Crippen LogP contribution in [-0.4, -0.2) is 5.94 Å². The van der Waals surface area contributed by atoms with Crippen LogP contribution in [0.15, 0.2) is 18.2 Å². The van der Waals surface area contributed by atoms with E-state index in [9.17, 15) is 4.79 Å². The maximum Gasteiger partial charge on any atom is 0.124 e. The lowest BCUT2D eigenvalue weighted by molar-refractivity contribution is 0.568. The summed E-state index contributed by atoms with van der Waals surface area (Å²) in [6.07, 6.45) is 3.32. The lowest BCUT2D eigenvalue weighted by Crippen LogP contribution is -1.72. The van der Waals surface area contributed by atoms with E-state index in [4.69, 9.17) is 0 Å². The zero-order valence-corrected chi connectivity index (χ0v) is 5.11. The van der Waals surface area contributed by atoms with Crippen LogP contribution in [0.1, 0.15) is 19.8 Å². The van der Waals surface area contributed by atoms with Crippen molar-refractivity contribution in [2.45, 2.75) is 19.8 Å². The summed E-state index contributed by atoms with van der Waals surface area (Å²) in [6.45, 7) is 5.66. The Kier molecular flexibility index (Phi) is 3.91. The van der Waals surface area contributed by atoms with Gasteiger partial charge >= 0.3 is 0 Å². The highest BCUT2D eigenvalue weighted by Crippen LogP contribution is 1.99. The smallest absolute Gasteiger partial charge is 0.124 e. The van der Waals surface area contributed by atoms with E-state index < -0.39 is 0 Å². The maximum atomic E-state index is 9.65. The molecule has 0 aliphatic rings.